The van der Waals surface area contributed by atoms with E-state index in [1.54, 1.807) is 0 Å². The van der Waals surface area contributed by atoms with Crippen LogP contribution in [0.1, 0.15) is 31.0 Å². The summed E-state index contributed by atoms with van der Waals surface area (Å²) >= 11 is -1.87. The molecule has 142 valence electrons. The number of hydrogen-bond donors (Lipinski definition) is 1. The second-order valence-corrected chi connectivity index (χ2v) is 7.86. The lowest BCUT2D eigenvalue weighted by Gasteiger charge is -2.24. The number of rotatable bonds is 6. The second-order valence-electron chi connectivity index (χ2n) is 6.92. The van der Waals surface area contributed by atoms with Crippen molar-refractivity contribution in [3.63, 3.8) is 0 Å². The molecule has 1 N–H and O–H groups in total. The molecule has 0 amide bonds. The normalized spacial score (nSPS) is 14.6. The highest BCUT2D eigenvalue weighted by atomic mass is 32.2. The molecule has 1 unspecified atom stereocenters. The van der Waals surface area contributed by atoms with Gasteiger partial charge < -0.3 is 9.45 Å². The summed E-state index contributed by atoms with van der Waals surface area (Å²) in [6, 6.07) is 16.2. The van der Waals surface area contributed by atoms with Crippen molar-refractivity contribution < 1.29 is 8.76 Å². The van der Waals surface area contributed by atoms with Crippen molar-refractivity contribution in [1.29, 1.82) is 5.26 Å². The van der Waals surface area contributed by atoms with Crippen LogP contribution < -0.4 is 4.90 Å². The molecule has 1 aliphatic rings. The van der Waals surface area contributed by atoms with Crippen LogP contribution in [0.15, 0.2) is 42.5 Å². The van der Waals surface area contributed by atoms with Crippen LogP contribution in [-0.4, -0.2) is 31.5 Å². The third kappa shape index (κ3) is 3.61. The van der Waals surface area contributed by atoms with Gasteiger partial charge in [-0.2, -0.15) is 5.26 Å². The molecule has 3 aromatic rings. The third-order valence-corrected chi connectivity index (χ3v) is 5.59. The predicted octanol–water partition coefficient (Wildman–Crippen LogP) is 3.88. The zero-order chi connectivity index (χ0) is 19.7. The Balaban J connectivity index is 1.80. The minimum atomic E-state index is -1.87. The minimum Gasteiger partial charge on any atom is -0.366 e. The van der Waals surface area contributed by atoms with Gasteiger partial charge in [0, 0.05) is 18.0 Å². The van der Waals surface area contributed by atoms with Crippen LogP contribution >= 0.6 is 0 Å². The molecular formula is C21H20N4O2S. The molecule has 2 aromatic carbocycles. The van der Waals surface area contributed by atoms with E-state index in [0.717, 1.165) is 52.7 Å². The highest BCUT2D eigenvalue weighted by Gasteiger charge is 2.31. The number of fused-ring (bicyclic) bond motifs is 1. The molecule has 0 saturated heterocycles. The number of hydrogen-bond acceptors (Lipinski definition) is 5. The van der Waals surface area contributed by atoms with Crippen LogP contribution in [0.4, 0.5) is 5.69 Å². The van der Waals surface area contributed by atoms with Gasteiger partial charge in [0.15, 0.2) is 16.8 Å². The molecule has 1 aliphatic carbocycles. The van der Waals surface area contributed by atoms with Crippen molar-refractivity contribution in [2.45, 2.75) is 31.6 Å². The van der Waals surface area contributed by atoms with Gasteiger partial charge in [-0.3, -0.25) is 0 Å². The lowest BCUT2D eigenvalue weighted by molar-refractivity contribution is 0.563. The van der Waals surface area contributed by atoms with Crippen molar-refractivity contribution >= 4 is 27.7 Å². The highest BCUT2D eigenvalue weighted by Crippen LogP contribution is 2.37. The van der Waals surface area contributed by atoms with E-state index in [4.69, 9.17) is 4.55 Å². The summed E-state index contributed by atoms with van der Waals surface area (Å²) in [4.78, 5) is 2.26. The van der Waals surface area contributed by atoms with Crippen LogP contribution in [0, 0.1) is 11.3 Å². The summed E-state index contributed by atoms with van der Waals surface area (Å²) in [5.41, 5.74) is 4.68. The molecule has 28 heavy (non-hydrogen) atoms. The van der Waals surface area contributed by atoms with Crippen molar-refractivity contribution in [2.24, 2.45) is 0 Å². The average Bonchev–Trinajstić information content (AvgIpc) is 3.53. The Hall–Kier alpha value is -2.82. The Morgan fingerprint density at radius 2 is 2.00 bits per heavy atom. The maximum atomic E-state index is 11.1. The summed E-state index contributed by atoms with van der Waals surface area (Å²) < 4.78 is 20.2. The Morgan fingerprint density at radius 3 is 2.68 bits per heavy atom. The maximum absolute atomic E-state index is 11.1. The predicted molar refractivity (Wildman–Crippen MR) is 110 cm³/mol. The summed E-state index contributed by atoms with van der Waals surface area (Å²) in [6.07, 6.45) is 2.28. The summed E-state index contributed by atoms with van der Waals surface area (Å²) in [6.45, 7) is 2.92. The van der Waals surface area contributed by atoms with E-state index in [0.29, 0.717) is 11.7 Å². The molecule has 0 radical (unpaired) electrons. The molecule has 7 heteroatoms. The average molecular weight is 392 g/mol. The van der Waals surface area contributed by atoms with Crippen molar-refractivity contribution in [1.82, 2.24) is 10.2 Å². The van der Waals surface area contributed by atoms with E-state index in [9.17, 15) is 9.47 Å². The molecule has 0 spiro atoms. The van der Waals surface area contributed by atoms with Gasteiger partial charge in [-0.25, -0.2) is 4.21 Å². The Bertz CT molecular complexity index is 1110. The molecular weight excluding hydrogens is 372 g/mol. The van der Waals surface area contributed by atoms with Crippen LogP contribution in [0.25, 0.3) is 22.0 Å². The molecule has 0 aliphatic heterocycles. The van der Waals surface area contributed by atoms with Gasteiger partial charge in [0.2, 0.25) is 0 Å². The largest absolute Gasteiger partial charge is 0.366 e. The molecule has 4 rings (SSSR count). The van der Waals surface area contributed by atoms with E-state index in [-0.39, 0.29) is 5.75 Å². The zero-order valence-electron chi connectivity index (χ0n) is 15.5. The molecule has 1 aromatic heterocycles. The highest BCUT2D eigenvalue weighted by molar-refractivity contribution is 7.78. The minimum absolute atomic E-state index is 0.101. The SMILES string of the molecule is CCN(c1c(C#N)nnc2cc(-c3cccc(CS(=O)O)c3)ccc12)C1CC1. The molecule has 1 saturated carbocycles. The monoisotopic (exact) mass is 392 g/mol. The standard InChI is InChI=1S/C21H20N4O2S/c1-2-25(17-7-8-17)21-18-9-6-16(11-19(18)23-24-20(21)12-22)15-5-3-4-14(10-15)13-28(26)27/h3-6,9-11,17H,2,7-8,13H2,1H3,(H,26,27). The van der Waals surface area contributed by atoms with Gasteiger partial charge in [-0.1, -0.05) is 30.3 Å². The first-order valence-corrected chi connectivity index (χ1v) is 10.5. The number of anilines is 1. The summed E-state index contributed by atoms with van der Waals surface area (Å²) in [7, 11) is 0. The van der Waals surface area contributed by atoms with Crippen LogP contribution in [0.3, 0.4) is 0 Å². The van der Waals surface area contributed by atoms with Crippen molar-refractivity contribution in [2.75, 3.05) is 11.4 Å². The second kappa shape index (κ2) is 7.66. The maximum Gasteiger partial charge on any atom is 0.187 e. The Kier molecular flexibility index (Phi) is 5.07. The number of nitrogens with zero attached hydrogens (tertiary/aromatic N) is 4. The number of aromatic nitrogens is 2. The fourth-order valence-electron chi connectivity index (χ4n) is 3.61. The Labute approximate surface area is 166 Å². The van der Waals surface area contributed by atoms with Gasteiger partial charge >= 0.3 is 0 Å². The molecule has 6 nitrogen and oxygen atoms in total. The van der Waals surface area contributed by atoms with E-state index < -0.39 is 11.1 Å². The van der Waals surface area contributed by atoms with Crippen molar-refractivity contribution in [3.8, 4) is 17.2 Å². The Morgan fingerprint density at radius 1 is 1.21 bits per heavy atom. The summed E-state index contributed by atoms with van der Waals surface area (Å²) in [5, 5.41) is 18.9. The van der Waals surface area contributed by atoms with Gasteiger partial charge in [0.25, 0.3) is 0 Å². The van der Waals surface area contributed by atoms with Gasteiger partial charge in [0.05, 0.1) is 17.0 Å². The quantitative estimate of drug-likeness (QED) is 0.640. The van der Waals surface area contributed by atoms with Crippen LogP contribution in [0.5, 0.6) is 0 Å². The van der Waals surface area contributed by atoms with E-state index in [1.807, 2.05) is 42.5 Å². The van der Waals surface area contributed by atoms with E-state index in [1.165, 1.54) is 0 Å². The van der Waals surface area contributed by atoms with Crippen LogP contribution in [-0.2, 0) is 16.8 Å². The van der Waals surface area contributed by atoms with Gasteiger partial charge in [-0.15, -0.1) is 10.2 Å². The fraction of sp³-hybridized carbons (Fsp3) is 0.286. The first-order chi connectivity index (χ1) is 13.6. The molecule has 1 fully saturated rings. The number of nitriles is 1. The van der Waals surface area contributed by atoms with Gasteiger partial charge in [0.1, 0.15) is 6.07 Å². The molecule has 1 atom stereocenters. The topological polar surface area (TPSA) is 90.1 Å². The first-order valence-electron chi connectivity index (χ1n) is 9.24. The zero-order valence-corrected chi connectivity index (χ0v) is 16.3. The smallest absolute Gasteiger partial charge is 0.187 e. The van der Waals surface area contributed by atoms with Crippen molar-refractivity contribution in [3.05, 3.63) is 53.7 Å². The fourth-order valence-corrected chi connectivity index (χ4v) is 4.07. The van der Waals surface area contributed by atoms with Gasteiger partial charge in [-0.05, 0) is 48.6 Å². The first kappa shape index (κ1) is 18.5. The summed E-state index contributed by atoms with van der Waals surface area (Å²) in [5.74, 6) is 0.101. The van der Waals surface area contributed by atoms with E-state index >= 15 is 0 Å². The third-order valence-electron chi connectivity index (χ3n) is 5.01. The lowest BCUT2D eigenvalue weighted by Crippen LogP contribution is -2.26. The lowest BCUT2D eigenvalue weighted by atomic mass is 10.0. The number of benzene rings is 2. The molecule has 1 heterocycles. The van der Waals surface area contributed by atoms with Crippen LogP contribution in [0.2, 0.25) is 0 Å². The van der Waals surface area contributed by atoms with E-state index in [2.05, 4.69) is 28.1 Å². The molecule has 0 bridgehead atoms.